The lowest BCUT2D eigenvalue weighted by atomic mass is 10.2. The maximum Gasteiger partial charge on any atom is 0.107 e. The van der Waals surface area contributed by atoms with Crippen LogP contribution in [0, 0.1) is 11.3 Å². The molecule has 0 saturated heterocycles. The zero-order chi connectivity index (χ0) is 9.97. The van der Waals surface area contributed by atoms with E-state index in [9.17, 15) is 4.39 Å². The minimum atomic E-state index is -0.371. The van der Waals surface area contributed by atoms with Crippen LogP contribution in [0.4, 0.5) is 4.39 Å². The number of hydrogen-bond donors (Lipinski definition) is 0. The lowest BCUT2D eigenvalue weighted by molar-refractivity contribution is 0.451. The van der Waals surface area contributed by atoms with Crippen molar-refractivity contribution in [2.75, 3.05) is 6.67 Å². The third-order valence-electron chi connectivity index (χ3n) is 2.23. The molecule has 0 aliphatic heterocycles. The molecule has 2 nitrogen and oxygen atoms in total. The van der Waals surface area contributed by atoms with Crippen molar-refractivity contribution in [2.24, 2.45) is 0 Å². The summed E-state index contributed by atoms with van der Waals surface area (Å²) in [6, 6.07) is 9.38. The second kappa shape index (κ2) is 3.51. The summed E-state index contributed by atoms with van der Waals surface area (Å²) >= 11 is 0. The van der Waals surface area contributed by atoms with Gasteiger partial charge in [0, 0.05) is 17.1 Å². The van der Waals surface area contributed by atoms with Gasteiger partial charge < -0.3 is 4.57 Å². The summed E-state index contributed by atoms with van der Waals surface area (Å²) in [5, 5.41) is 9.67. The van der Waals surface area contributed by atoms with E-state index in [1.807, 2.05) is 29.0 Å². The van der Waals surface area contributed by atoms with Gasteiger partial charge in [-0.3, -0.25) is 0 Å². The van der Waals surface area contributed by atoms with Crippen molar-refractivity contribution in [1.82, 2.24) is 4.57 Å². The number of aryl methyl sites for hydroxylation is 1. The van der Waals surface area contributed by atoms with Crippen LogP contribution >= 0.6 is 0 Å². The summed E-state index contributed by atoms with van der Waals surface area (Å²) in [6.07, 6.45) is 1.84. The van der Waals surface area contributed by atoms with Gasteiger partial charge in [0.15, 0.2) is 0 Å². The molecule has 3 heteroatoms. The first-order valence-electron chi connectivity index (χ1n) is 4.40. The number of rotatable bonds is 2. The zero-order valence-corrected chi connectivity index (χ0v) is 7.57. The van der Waals surface area contributed by atoms with E-state index in [1.165, 1.54) is 0 Å². The molecule has 1 heterocycles. The highest BCUT2D eigenvalue weighted by molar-refractivity contribution is 5.81. The topological polar surface area (TPSA) is 28.7 Å². The summed E-state index contributed by atoms with van der Waals surface area (Å²) in [6.45, 7) is -0.000812. The van der Waals surface area contributed by atoms with E-state index >= 15 is 0 Å². The molecule has 2 rings (SSSR count). The van der Waals surface area contributed by atoms with Gasteiger partial charge >= 0.3 is 0 Å². The molecule has 0 N–H and O–H groups in total. The van der Waals surface area contributed by atoms with Crippen molar-refractivity contribution >= 4 is 10.9 Å². The average molecular weight is 188 g/mol. The van der Waals surface area contributed by atoms with Crippen molar-refractivity contribution in [3.05, 3.63) is 36.0 Å². The minimum absolute atomic E-state index is 0.370. The molecule has 0 saturated carbocycles. The standard InChI is InChI=1S/C11H9FN2/c12-4-6-14-5-3-10-7-9(8-13)1-2-11(10)14/h1-3,5,7H,4,6H2. The predicted octanol–water partition coefficient (Wildman–Crippen LogP) is 2.48. The van der Waals surface area contributed by atoms with Gasteiger partial charge in [0.1, 0.15) is 6.67 Å². The Morgan fingerprint density at radius 1 is 1.36 bits per heavy atom. The fourth-order valence-corrected chi connectivity index (χ4v) is 1.56. The number of nitriles is 1. The number of alkyl halides is 1. The van der Waals surface area contributed by atoms with Gasteiger partial charge in [-0.1, -0.05) is 0 Å². The predicted molar refractivity (Wildman–Crippen MR) is 52.6 cm³/mol. The highest BCUT2D eigenvalue weighted by atomic mass is 19.1. The van der Waals surface area contributed by atoms with Gasteiger partial charge in [-0.05, 0) is 24.3 Å². The van der Waals surface area contributed by atoms with E-state index in [-0.39, 0.29) is 6.67 Å². The number of hydrogen-bond acceptors (Lipinski definition) is 1. The number of aromatic nitrogens is 1. The lowest BCUT2D eigenvalue weighted by Crippen LogP contribution is -1.96. The van der Waals surface area contributed by atoms with E-state index < -0.39 is 0 Å². The van der Waals surface area contributed by atoms with E-state index in [1.54, 1.807) is 6.07 Å². The summed E-state index contributed by atoms with van der Waals surface area (Å²) in [5.74, 6) is 0. The molecule has 70 valence electrons. The van der Waals surface area contributed by atoms with Crippen molar-refractivity contribution in [2.45, 2.75) is 6.54 Å². The van der Waals surface area contributed by atoms with E-state index in [0.29, 0.717) is 12.1 Å². The first-order valence-corrected chi connectivity index (χ1v) is 4.40. The van der Waals surface area contributed by atoms with Crippen LogP contribution in [-0.2, 0) is 6.54 Å². The maximum atomic E-state index is 12.2. The SMILES string of the molecule is N#Cc1ccc2c(ccn2CCF)c1. The molecule has 0 aliphatic rings. The molecule has 0 aliphatic carbocycles. The Morgan fingerprint density at radius 3 is 2.93 bits per heavy atom. The second-order valence-corrected chi connectivity index (χ2v) is 3.08. The molecule has 0 unspecified atom stereocenters. The van der Waals surface area contributed by atoms with Gasteiger partial charge in [-0.2, -0.15) is 5.26 Å². The van der Waals surface area contributed by atoms with Gasteiger partial charge in [-0.25, -0.2) is 4.39 Å². The molecule has 0 fully saturated rings. The third-order valence-corrected chi connectivity index (χ3v) is 2.23. The Balaban J connectivity index is 2.55. The monoisotopic (exact) mass is 188 g/mol. The summed E-state index contributed by atoms with van der Waals surface area (Å²) in [4.78, 5) is 0. The molecule has 0 radical (unpaired) electrons. The van der Waals surface area contributed by atoms with Crippen LogP contribution in [-0.4, -0.2) is 11.2 Å². The van der Waals surface area contributed by atoms with Gasteiger partial charge in [0.2, 0.25) is 0 Å². The fourth-order valence-electron chi connectivity index (χ4n) is 1.56. The number of fused-ring (bicyclic) bond motifs is 1. The van der Waals surface area contributed by atoms with Crippen LogP contribution in [0.2, 0.25) is 0 Å². The third kappa shape index (κ3) is 1.35. The molecule has 1 aromatic heterocycles. The molecule has 1 aromatic carbocycles. The highest BCUT2D eigenvalue weighted by Crippen LogP contribution is 2.17. The maximum absolute atomic E-state index is 12.2. The zero-order valence-electron chi connectivity index (χ0n) is 7.57. The Hall–Kier alpha value is -1.82. The van der Waals surface area contributed by atoms with Crippen molar-refractivity contribution in [1.29, 1.82) is 5.26 Å². The number of benzene rings is 1. The second-order valence-electron chi connectivity index (χ2n) is 3.08. The van der Waals surface area contributed by atoms with Crippen LogP contribution in [0.1, 0.15) is 5.56 Å². The van der Waals surface area contributed by atoms with Crippen molar-refractivity contribution < 1.29 is 4.39 Å². The van der Waals surface area contributed by atoms with Crippen LogP contribution in [0.15, 0.2) is 30.5 Å². The van der Waals surface area contributed by atoms with Gasteiger partial charge in [0.25, 0.3) is 0 Å². The van der Waals surface area contributed by atoms with Crippen molar-refractivity contribution in [3.63, 3.8) is 0 Å². The number of nitrogens with zero attached hydrogens (tertiary/aromatic N) is 2. The smallest absolute Gasteiger partial charge is 0.107 e. The summed E-state index contributed by atoms with van der Waals surface area (Å²) in [7, 11) is 0. The van der Waals surface area contributed by atoms with Crippen molar-refractivity contribution in [3.8, 4) is 6.07 Å². The summed E-state index contributed by atoms with van der Waals surface area (Å²) < 4.78 is 14.0. The Kier molecular flexibility index (Phi) is 2.19. The largest absolute Gasteiger partial charge is 0.345 e. The molecule has 0 amide bonds. The quantitative estimate of drug-likeness (QED) is 0.711. The molecule has 14 heavy (non-hydrogen) atoms. The first kappa shape index (κ1) is 8.76. The minimum Gasteiger partial charge on any atom is -0.345 e. The Morgan fingerprint density at radius 2 is 2.21 bits per heavy atom. The molecule has 2 aromatic rings. The van der Waals surface area contributed by atoms with Gasteiger partial charge in [0.05, 0.1) is 18.2 Å². The molecule has 0 bridgehead atoms. The lowest BCUT2D eigenvalue weighted by Gasteiger charge is -2.00. The van der Waals surface area contributed by atoms with E-state index in [0.717, 1.165) is 10.9 Å². The van der Waals surface area contributed by atoms with Gasteiger partial charge in [-0.15, -0.1) is 0 Å². The van der Waals surface area contributed by atoms with Crippen LogP contribution in [0.5, 0.6) is 0 Å². The first-order chi connectivity index (χ1) is 6.85. The Bertz CT molecular complexity index is 493. The fraction of sp³-hybridized carbons (Fsp3) is 0.182. The highest BCUT2D eigenvalue weighted by Gasteiger charge is 2.01. The summed E-state index contributed by atoms with van der Waals surface area (Å²) in [5.41, 5.74) is 1.61. The number of halogens is 1. The molecular weight excluding hydrogens is 179 g/mol. The molecule has 0 spiro atoms. The van der Waals surface area contributed by atoms with Crippen LogP contribution < -0.4 is 0 Å². The van der Waals surface area contributed by atoms with E-state index in [2.05, 4.69) is 6.07 Å². The molecular formula is C11H9FN2. The van der Waals surface area contributed by atoms with E-state index in [4.69, 9.17) is 5.26 Å². The normalized spacial score (nSPS) is 10.3. The van der Waals surface area contributed by atoms with Crippen LogP contribution in [0.3, 0.4) is 0 Å². The Labute approximate surface area is 81.2 Å². The molecule has 0 atom stereocenters. The average Bonchev–Trinajstić information content (AvgIpc) is 2.61. The van der Waals surface area contributed by atoms with Crippen LogP contribution in [0.25, 0.3) is 10.9 Å².